The molecule has 1 aliphatic heterocycles. The maximum absolute atomic E-state index is 11.9. The highest BCUT2D eigenvalue weighted by atomic mass is 32.2. The van der Waals surface area contributed by atoms with Crippen LogP contribution in [0.4, 0.5) is 0 Å². The van der Waals surface area contributed by atoms with Crippen molar-refractivity contribution in [1.82, 2.24) is 4.90 Å². The van der Waals surface area contributed by atoms with Crippen LogP contribution in [0.5, 0.6) is 0 Å². The number of thioether (sulfide) groups is 1. The first-order valence-electron chi connectivity index (χ1n) is 4.71. The minimum atomic E-state index is -0.140. The van der Waals surface area contributed by atoms with Crippen molar-refractivity contribution in [3.63, 3.8) is 0 Å². The van der Waals surface area contributed by atoms with E-state index in [1.54, 1.807) is 23.7 Å². The summed E-state index contributed by atoms with van der Waals surface area (Å²) >= 11 is 6.60. The van der Waals surface area contributed by atoms with E-state index >= 15 is 0 Å². The lowest BCUT2D eigenvalue weighted by Gasteiger charge is -2.26. The summed E-state index contributed by atoms with van der Waals surface area (Å²) in [6, 6.07) is -0.140. The van der Waals surface area contributed by atoms with Crippen LogP contribution < -0.4 is 5.73 Å². The first-order valence-corrected chi connectivity index (χ1v) is 6.17. The molecule has 2 N–H and O–H groups in total. The van der Waals surface area contributed by atoms with E-state index in [-0.39, 0.29) is 17.2 Å². The van der Waals surface area contributed by atoms with Gasteiger partial charge in [0, 0.05) is 7.05 Å². The van der Waals surface area contributed by atoms with Crippen LogP contribution in [-0.2, 0) is 4.79 Å². The smallest absolute Gasteiger partial charge is 0.236 e. The van der Waals surface area contributed by atoms with Gasteiger partial charge in [0.15, 0.2) is 0 Å². The minimum absolute atomic E-state index is 0.122. The summed E-state index contributed by atoms with van der Waals surface area (Å²) in [5.74, 6) is 1.25. The molecule has 3 nitrogen and oxygen atoms in total. The van der Waals surface area contributed by atoms with Crippen LogP contribution in [0, 0.1) is 0 Å². The lowest BCUT2D eigenvalue weighted by atomic mass is 10.2. The number of amides is 1. The average Bonchev–Trinajstić information content (AvgIpc) is 2.67. The van der Waals surface area contributed by atoms with E-state index in [9.17, 15) is 4.79 Å². The summed E-state index contributed by atoms with van der Waals surface area (Å²) in [5, 5.41) is 0.122. The van der Waals surface area contributed by atoms with E-state index in [0.717, 1.165) is 18.6 Å². The maximum atomic E-state index is 11.9. The van der Waals surface area contributed by atoms with Crippen molar-refractivity contribution < 1.29 is 4.79 Å². The van der Waals surface area contributed by atoms with Crippen molar-refractivity contribution in [2.45, 2.75) is 31.1 Å². The molecular weight excluding hydrogens is 216 g/mol. The molecule has 14 heavy (non-hydrogen) atoms. The lowest BCUT2D eigenvalue weighted by molar-refractivity contribution is -0.130. The van der Waals surface area contributed by atoms with Gasteiger partial charge in [-0.15, -0.1) is 11.8 Å². The second kappa shape index (κ2) is 4.98. The third kappa shape index (κ3) is 2.60. The van der Waals surface area contributed by atoms with Crippen LogP contribution in [0.2, 0.25) is 0 Å². The van der Waals surface area contributed by atoms with Crippen molar-refractivity contribution in [2.75, 3.05) is 12.8 Å². The quantitative estimate of drug-likeness (QED) is 0.738. The zero-order chi connectivity index (χ0) is 10.7. The Labute approximate surface area is 94.4 Å². The Morgan fingerprint density at radius 3 is 2.79 bits per heavy atom. The summed E-state index contributed by atoms with van der Waals surface area (Å²) in [6.45, 7) is 1.86. The molecule has 0 aromatic rings. The van der Waals surface area contributed by atoms with Crippen molar-refractivity contribution in [2.24, 2.45) is 5.73 Å². The monoisotopic (exact) mass is 232 g/mol. The number of rotatable bonds is 3. The van der Waals surface area contributed by atoms with Gasteiger partial charge in [0.1, 0.15) is 0 Å². The van der Waals surface area contributed by atoms with Crippen LogP contribution in [0.1, 0.15) is 19.8 Å². The fraction of sp³-hybridized carbons (Fsp3) is 0.778. The SMILES string of the molecule is CC(C(N)=S)N(C)C(=O)C1CCCS1. The molecular formula is C9H16N2OS2. The number of nitrogens with zero attached hydrogens (tertiary/aromatic N) is 1. The Morgan fingerprint density at radius 2 is 2.36 bits per heavy atom. The van der Waals surface area contributed by atoms with Gasteiger partial charge >= 0.3 is 0 Å². The van der Waals surface area contributed by atoms with Gasteiger partial charge in [0.25, 0.3) is 0 Å². The molecule has 0 spiro atoms. The molecule has 1 heterocycles. The number of likely N-dealkylation sites (N-methyl/N-ethyl adjacent to an activating group) is 1. The van der Waals surface area contributed by atoms with E-state index in [1.807, 2.05) is 6.92 Å². The minimum Gasteiger partial charge on any atom is -0.392 e. The van der Waals surface area contributed by atoms with Crippen LogP contribution >= 0.6 is 24.0 Å². The van der Waals surface area contributed by atoms with Gasteiger partial charge in [-0.1, -0.05) is 12.2 Å². The lowest BCUT2D eigenvalue weighted by Crippen LogP contribution is -2.45. The molecule has 1 rings (SSSR count). The fourth-order valence-corrected chi connectivity index (χ4v) is 2.80. The predicted octanol–water partition coefficient (Wildman–Crippen LogP) is 1.01. The number of thiocarbonyl (C=S) groups is 1. The van der Waals surface area contributed by atoms with Crippen molar-refractivity contribution >= 4 is 34.9 Å². The maximum Gasteiger partial charge on any atom is 0.236 e. The highest BCUT2D eigenvalue weighted by molar-refractivity contribution is 8.00. The molecule has 2 unspecified atom stereocenters. The molecule has 1 fully saturated rings. The first kappa shape index (κ1) is 11.8. The van der Waals surface area contributed by atoms with Gasteiger partial charge in [0.2, 0.25) is 5.91 Å². The van der Waals surface area contributed by atoms with Crippen LogP contribution in [0.3, 0.4) is 0 Å². The largest absolute Gasteiger partial charge is 0.392 e. The highest BCUT2D eigenvalue weighted by Gasteiger charge is 2.28. The number of carbonyl (C=O) groups excluding carboxylic acids is 1. The zero-order valence-electron chi connectivity index (χ0n) is 8.53. The Kier molecular flexibility index (Phi) is 4.19. The standard InChI is InChI=1S/C9H16N2OS2/c1-6(8(10)13)11(2)9(12)7-4-3-5-14-7/h6-7H,3-5H2,1-2H3,(H2,10,13). The Morgan fingerprint density at radius 1 is 1.71 bits per heavy atom. The van der Waals surface area contributed by atoms with E-state index < -0.39 is 0 Å². The normalized spacial score (nSPS) is 23.1. The summed E-state index contributed by atoms with van der Waals surface area (Å²) in [4.78, 5) is 13.9. The molecule has 1 amide bonds. The summed E-state index contributed by atoms with van der Waals surface area (Å²) < 4.78 is 0. The number of carbonyl (C=O) groups is 1. The van der Waals surface area contributed by atoms with Gasteiger partial charge in [-0.2, -0.15) is 0 Å². The third-order valence-corrected chi connectivity index (χ3v) is 4.25. The van der Waals surface area contributed by atoms with Crippen LogP contribution in [0.25, 0.3) is 0 Å². The summed E-state index contributed by atoms with van der Waals surface area (Å²) in [7, 11) is 1.77. The summed E-state index contributed by atoms with van der Waals surface area (Å²) in [5.41, 5.74) is 5.50. The Hall–Kier alpha value is -0.290. The number of nitrogens with two attached hydrogens (primary N) is 1. The molecule has 0 aliphatic carbocycles. The first-order chi connectivity index (χ1) is 6.54. The second-order valence-corrected chi connectivity index (χ2v) is 5.31. The van der Waals surface area contributed by atoms with Gasteiger partial charge in [-0.25, -0.2) is 0 Å². The zero-order valence-corrected chi connectivity index (χ0v) is 10.2. The van der Waals surface area contributed by atoms with Crippen molar-refractivity contribution in [3.8, 4) is 0 Å². The molecule has 0 bridgehead atoms. The highest BCUT2D eigenvalue weighted by Crippen LogP contribution is 2.27. The number of hydrogen-bond acceptors (Lipinski definition) is 3. The number of hydrogen-bond donors (Lipinski definition) is 1. The van der Waals surface area contributed by atoms with Crippen LogP contribution in [0.15, 0.2) is 0 Å². The van der Waals surface area contributed by atoms with Gasteiger partial charge in [-0.3, -0.25) is 4.79 Å². The molecule has 5 heteroatoms. The Bertz CT molecular complexity index is 239. The predicted molar refractivity (Wildman–Crippen MR) is 64.5 cm³/mol. The molecule has 1 aliphatic rings. The molecule has 0 aromatic carbocycles. The second-order valence-electron chi connectivity index (χ2n) is 3.53. The molecule has 0 saturated carbocycles. The van der Waals surface area contributed by atoms with Crippen LogP contribution in [-0.4, -0.2) is 39.9 Å². The van der Waals surface area contributed by atoms with Crippen molar-refractivity contribution in [3.05, 3.63) is 0 Å². The van der Waals surface area contributed by atoms with Gasteiger partial charge in [0.05, 0.1) is 16.3 Å². The van der Waals surface area contributed by atoms with E-state index in [1.165, 1.54) is 0 Å². The molecule has 2 atom stereocenters. The topological polar surface area (TPSA) is 46.3 Å². The van der Waals surface area contributed by atoms with Gasteiger partial charge < -0.3 is 10.6 Å². The van der Waals surface area contributed by atoms with Gasteiger partial charge in [-0.05, 0) is 25.5 Å². The Balaban J connectivity index is 2.54. The fourth-order valence-electron chi connectivity index (χ4n) is 1.38. The average molecular weight is 232 g/mol. The summed E-state index contributed by atoms with van der Waals surface area (Å²) in [6.07, 6.45) is 2.12. The molecule has 80 valence electrons. The third-order valence-electron chi connectivity index (χ3n) is 2.55. The van der Waals surface area contributed by atoms with E-state index in [4.69, 9.17) is 18.0 Å². The van der Waals surface area contributed by atoms with Crippen molar-refractivity contribution in [1.29, 1.82) is 0 Å². The van der Waals surface area contributed by atoms with E-state index in [0.29, 0.717) is 4.99 Å². The van der Waals surface area contributed by atoms with E-state index in [2.05, 4.69) is 0 Å². The molecule has 1 saturated heterocycles. The molecule has 0 radical (unpaired) electrons. The molecule has 0 aromatic heterocycles.